The SMILES string of the molecule is COC(=O)[C@H](CNC(=O)c1ccccc1)NC(=O)c1sc(NC(=O)Cc2cccc(O)c2)nc1C.Cc1nc(NC(=O)Cc2cccc(O)c2)sc1C(=O)N[C@@H](CNC(=O)c1ccccc1)C(=O)O. The lowest BCUT2D eigenvalue weighted by Crippen LogP contribution is -2.49. The number of nitrogens with zero attached hydrogens (tertiary/aromatic N) is 2. The van der Waals surface area contributed by atoms with E-state index in [1.165, 1.54) is 31.4 Å². The van der Waals surface area contributed by atoms with Crippen LogP contribution in [0.4, 0.5) is 10.3 Å². The lowest BCUT2D eigenvalue weighted by atomic mass is 10.1. The van der Waals surface area contributed by atoms with Crippen molar-refractivity contribution >= 4 is 80.3 Å². The monoisotopic (exact) mass is 978 g/mol. The molecular weight excluding hydrogens is 933 g/mol. The van der Waals surface area contributed by atoms with Crippen molar-refractivity contribution < 1.29 is 58.4 Å². The van der Waals surface area contributed by atoms with Crippen molar-refractivity contribution in [2.45, 2.75) is 38.8 Å². The molecule has 0 spiro atoms. The molecule has 0 bridgehead atoms. The van der Waals surface area contributed by atoms with Crippen LogP contribution in [-0.2, 0) is 36.8 Å². The number of hydrogen-bond acceptors (Lipinski definition) is 15. The quantitative estimate of drug-likeness (QED) is 0.0551. The van der Waals surface area contributed by atoms with Gasteiger partial charge in [-0.2, -0.15) is 0 Å². The first-order valence-electron chi connectivity index (χ1n) is 20.7. The third kappa shape index (κ3) is 15.8. The van der Waals surface area contributed by atoms with Gasteiger partial charge in [0.15, 0.2) is 10.3 Å². The highest BCUT2D eigenvalue weighted by molar-refractivity contribution is 7.18. The van der Waals surface area contributed by atoms with Crippen molar-refractivity contribution in [1.82, 2.24) is 31.2 Å². The van der Waals surface area contributed by atoms with Crippen molar-refractivity contribution in [3.63, 3.8) is 0 Å². The van der Waals surface area contributed by atoms with Crippen LogP contribution in [0.3, 0.4) is 0 Å². The molecule has 6 aromatic rings. The second-order valence-corrected chi connectivity index (χ2v) is 16.7. The number of aryl methyl sites for hydroxylation is 2. The number of benzene rings is 4. The van der Waals surface area contributed by atoms with Gasteiger partial charge in [-0.15, -0.1) is 0 Å². The molecule has 0 unspecified atom stereocenters. The number of aromatic nitrogens is 2. The number of amides is 6. The molecule has 0 saturated carbocycles. The maximum Gasteiger partial charge on any atom is 0.330 e. The molecule has 2 aromatic heterocycles. The fraction of sp³-hybridized carbons (Fsp3) is 0.191. The maximum atomic E-state index is 12.8. The number of aliphatic carboxylic acids is 1. The summed E-state index contributed by atoms with van der Waals surface area (Å²) in [6.45, 7) is 2.65. The zero-order valence-corrected chi connectivity index (χ0v) is 38.7. The van der Waals surface area contributed by atoms with Gasteiger partial charge >= 0.3 is 11.9 Å². The van der Waals surface area contributed by atoms with Crippen molar-refractivity contribution in [3.05, 3.63) is 153 Å². The number of aromatic hydroxyl groups is 2. The molecule has 9 N–H and O–H groups in total. The Balaban J connectivity index is 0.000000258. The summed E-state index contributed by atoms with van der Waals surface area (Å²) in [7, 11) is 1.18. The molecule has 6 amide bonds. The minimum atomic E-state index is -1.37. The lowest BCUT2D eigenvalue weighted by Gasteiger charge is -2.17. The second-order valence-electron chi connectivity index (χ2n) is 14.7. The summed E-state index contributed by atoms with van der Waals surface area (Å²) in [6, 6.07) is 26.8. The number of phenolic OH excluding ortho intramolecular Hbond substituents is 2. The number of esters is 1. The lowest BCUT2D eigenvalue weighted by molar-refractivity contribution is -0.142. The number of hydrogen-bond donors (Lipinski definition) is 9. The molecule has 20 nitrogen and oxygen atoms in total. The predicted molar refractivity (Wildman–Crippen MR) is 254 cm³/mol. The summed E-state index contributed by atoms with van der Waals surface area (Å²) >= 11 is 1.85. The van der Waals surface area contributed by atoms with Gasteiger partial charge in [0, 0.05) is 24.2 Å². The van der Waals surface area contributed by atoms with E-state index in [0.29, 0.717) is 33.6 Å². The van der Waals surface area contributed by atoms with Gasteiger partial charge in [0.25, 0.3) is 23.6 Å². The van der Waals surface area contributed by atoms with Gasteiger partial charge < -0.3 is 52.0 Å². The Morgan fingerprint density at radius 3 is 1.36 bits per heavy atom. The number of anilines is 2. The Hall–Kier alpha value is -8.50. The van der Waals surface area contributed by atoms with E-state index < -0.39 is 53.6 Å². The van der Waals surface area contributed by atoms with Crippen LogP contribution in [0, 0.1) is 13.8 Å². The second kappa shape index (κ2) is 24.9. The van der Waals surface area contributed by atoms with Crippen LogP contribution in [0.1, 0.15) is 62.6 Å². The molecule has 2 atom stereocenters. The van der Waals surface area contributed by atoms with Gasteiger partial charge in [-0.25, -0.2) is 19.6 Å². The summed E-state index contributed by atoms with van der Waals surface area (Å²) in [5.41, 5.74) is 2.66. The topological polar surface area (TPSA) is 304 Å². The first kappa shape index (κ1) is 51.5. The van der Waals surface area contributed by atoms with Crippen molar-refractivity contribution in [2.75, 3.05) is 30.8 Å². The first-order chi connectivity index (χ1) is 33.0. The minimum Gasteiger partial charge on any atom is -0.508 e. The van der Waals surface area contributed by atoms with E-state index >= 15 is 0 Å². The van der Waals surface area contributed by atoms with Gasteiger partial charge in [0.05, 0.1) is 31.3 Å². The standard InChI is InChI=1S/C24H24N4O6S.C23H22N4O6S/c1-14-20(35-24(26-14)28-19(30)12-15-7-6-10-17(29)11-15)22(32)27-18(23(33)34-2)13-25-21(31)16-8-4-3-5-9-16;1-13-19(34-23(25-13)27-18(29)11-14-6-5-9-16(28)10-14)21(31)26-17(22(32)33)12-24-20(30)15-7-3-2-4-8-15/h3-11,18,29H,12-13H2,1-2H3,(H,25,31)(H,27,32)(H,26,28,30);2-10,17,28H,11-12H2,1H3,(H,24,30)(H,26,31)(H,32,33)(H,25,27,29)/t18-;17-/m00/s1. The summed E-state index contributed by atoms with van der Waals surface area (Å²) in [5.74, 6) is -4.86. The Kier molecular flexibility index (Phi) is 18.6. The fourth-order valence-corrected chi connectivity index (χ4v) is 7.88. The highest BCUT2D eigenvalue weighted by Gasteiger charge is 2.27. The zero-order valence-electron chi connectivity index (χ0n) is 37.1. The normalized spacial score (nSPS) is 11.3. The molecule has 6 rings (SSSR count). The molecule has 0 aliphatic heterocycles. The van der Waals surface area contributed by atoms with Crippen LogP contribution in [0.5, 0.6) is 11.5 Å². The van der Waals surface area contributed by atoms with E-state index in [-0.39, 0.29) is 63.4 Å². The minimum absolute atomic E-state index is 0.00322. The molecule has 0 aliphatic carbocycles. The number of ether oxygens (including phenoxy) is 1. The third-order valence-corrected chi connectivity index (χ3v) is 11.6. The van der Waals surface area contributed by atoms with E-state index in [1.54, 1.807) is 98.8 Å². The number of phenols is 2. The number of methoxy groups -OCH3 is 1. The van der Waals surface area contributed by atoms with E-state index in [9.17, 15) is 53.7 Å². The molecule has 0 radical (unpaired) electrons. The van der Waals surface area contributed by atoms with Gasteiger partial charge in [-0.05, 0) is 73.5 Å². The van der Waals surface area contributed by atoms with Crippen LogP contribution in [0.2, 0.25) is 0 Å². The molecule has 4 aromatic carbocycles. The molecule has 358 valence electrons. The molecular formula is C47H46N8O12S2. The average molecular weight is 979 g/mol. The highest BCUT2D eigenvalue weighted by atomic mass is 32.1. The highest BCUT2D eigenvalue weighted by Crippen LogP contribution is 2.25. The average Bonchev–Trinajstić information content (AvgIpc) is 3.88. The summed E-state index contributed by atoms with van der Waals surface area (Å²) in [5, 5.41) is 44.1. The van der Waals surface area contributed by atoms with Crippen LogP contribution in [-0.4, -0.2) is 105 Å². The van der Waals surface area contributed by atoms with E-state index in [0.717, 1.165) is 22.7 Å². The first-order valence-corrected chi connectivity index (χ1v) is 22.3. The number of carboxylic acids is 1. The van der Waals surface area contributed by atoms with Gasteiger partial charge in [-0.1, -0.05) is 83.3 Å². The number of carbonyl (C=O) groups excluding carboxylic acids is 7. The Morgan fingerprint density at radius 1 is 0.565 bits per heavy atom. The molecule has 0 aliphatic rings. The van der Waals surface area contributed by atoms with Crippen LogP contribution in [0.25, 0.3) is 0 Å². The van der Waals surface area contributed by atoms with Crippen LogP contribution in [0.15, 0.2) is 109 Å². The smallest absolute Gasteiger partial charge is 0.330 e. The predicted octanol–water partition coefficient (Wildman–Crippen LogP) is 3.99. The molecule has 0 fully saturated rings. The Labute approximate surface area is 402 Å². The van der Waals surface area contributed by atoms with E-state index in [4.69, 9.17) is 4.74 Å². The van der Waals surface area contributed by atoms with Crippen LogP contribution >= 0.6 is 22.7 Å². The third-order valence-electron chi connectivity index (χ3n) is 9.45. The van der Waals surface area contributed by atoms with Crippen molar-refractivity contribution in [1.29, 1.82) is 0 Å². The van der Waals surface area contributed by atoms with Crippen molar-refractivity contribution in [2.24, 2.45) is 0 Å². The molecule has 0 saturated heterocycles. The largest absolute Gasteiger partial charge is 0.508 e. The maximum absolute atomic E-state index is 12.8. The number of thiazole rings is 2. The zero-order chi connectivity index (χ0) is 50.0. The van der Waals surface area contributed by atoms with Gasteiger partial charge in [0.2, 0.25) is 11.8 Å². The summed E-state index contributed by atoms with van der Waals surface area (Å²) < 4.78 is 4.75. The van der Waals surface area contributed by atoms with E-state index in [1.807, 2.05) is 0 Å². The van der Waals surface area contributed by atoms with Crippen LogP contribution < -0.4 is 31.9 Å². The fourth-order valence-electron chi connectivity index (χ4n) is 6.11. The van der Waals surface area contributed by atoms with E-state index in [2.05, 4.69) is 41.9 Å². The Morgan fingerprint density at radius 2 is 0.971 bits per heavy atom. The molecule has 2 heterocycles. The van der Waals surface area contributed by atoms with Crippen molar-refractivity contribution in [3.8, 4) is 11.5 Å². The molecule has 69 heavy (non-hydrogen) atoms. The number of carboxylic acid groups (broad SMARTS) is 1. The number of carbonyl (C=O) groups is 8. The summed E-state index contributed by atoms with van der Waals surface area (Å²) in [4.78, 5) is 107. The van der Waals surface area contributed by atoms with Gasteiger partial charge in [0.1, 0.15) is 33.3 Å². The Bertz CT molecular complexity index is 2820. The summed E-state index contributed by atoms with van der Waals surface area (Å²) in [6.07, 6.45) is 0.0108. The number of nitrogens with one attached hydrogen (secondary N) is 6. The van der Waals surface area contributed by atoms with Gasteiger partial charge in [-0.3, -0.25) is 28.8 Å². The molecule has 22 heteroatoms. The number of rotatable bonds is 18.